The van der Waals surface area contributed by atoms with Gasteiger partial charge in [0.25, 0.3) is 0 Å². The van der Waals surface area contributed by atoms with Crippen molar-refractivity contribution in [3.63, 3.8) is 0 Å². The zero-order valence-corrected chi connectivity index (χ0v) is 21.9. The number of hydrogen-bond donors (Lipinski definition) is 1. The van der Waals surface area contributed by atoms with E-state index in [-0.39, 0.29) is 5.95 Å². The maximum Gasteiger partial charge on any atom is 0.224 e. The molecule has 0 spiro atoms. The molecule has 5 rings (SSSR count). The number of nitrogen functional groups attached to an aromatic ring is 1. The molecule has 2 aromatic carbocycles. The van der Waals surface area contributed by atoms with Crippen LogP contribution in [0.1, 0.15) is 49.3 Å². The van der Waals surface area contributed by atoms with Gasteiger partial charge in [0.15, 0.2) is 5.65 Å². The van der Waals surface area contributed by atoms with E-state index in [1.165, 1.54) is 42.6 Å². The highest BCUT2D eigenvalue weighted by molar-refractivity contribution is 5.88. The predicted octanol–water partition coefficient (Wildman–Crippen LogP) is 4.87. The van der Waals surface area contributed by atoms with Crippen LogP contribution in [0.15, 0.2) is 54.7 Å². The van der Waals surface area contributed by atoms with Crippen LogP contribution in [0.25, 0.3) is 11.0 Å². The third kappa shape index (κ3) is 6.02. The van der Waals surface area contributed by atoms with Crippen LogP contribution >= 0.6 is 0 Å². The van der Waals surface area contributed by atoms with Crippen molar-refractivity contribution in [2.45, 2.75) is 52.2 Å². The van der Waals surface area contributed by atoms with Crippen LogP contribution in [0.5, 0.6) is 5.75 Å². The van der Waals surface area contributed by atoms with Gasteiger partial charge in [-0.1, -0.05) is 49.7 Å². The molecule has 1 fully saturated rings. The third-order valence-electron chi connectivity index (χ3n) is 7.07. The zero-order chi connectivity index (χ0) is 25.6. The van der Waals surface area contributed by atoms with Gasteiger partial charge in [-0.25, -0.2) is 4.68 Å². The fraction of sp³-hybridized carbons (Fsp3) is 0.414. The standard InChI is InChI=1S/C29H37N7O/c1-3-4-17-35(20-23-11-13-25(37-2)14-12-23)27-26-18-31-36(28(26)33-29(30)32-27)21-24-9-7-22(8-10-24)19-34-15-5-6-16-34/h7-14,18H,3-6,15-17,19-21H2,1-2H3,(H2,30,32,33). The molecule has 0 unspecified atom stereocenters. The van der Waals surface area contributed by atoms with Crippen molar-refractivity contribution in [3.8, 4) is 5.75 Å². The van der Waals surface area contributed by atoms with Crippen LogP contribution in [0.4, 0.5) is 11.8 Å². The van der Waals surface area contributed by atoms with Gasteiger partial charge in [0.1, 0.15) is 11.6 Å². The van der Waals surface area contributed by atoms with E-state index in [2.05, 4.69) is 63.1 Å². The van der Waals surface area contributed by atoms with Crippen LogP contribution in [0.2, 0.25) is 0 Å². The summed E-state index contributed by atoms with van der Waals surface area (Å²) in [6.07, 6.45) is 6.65. The number of ether oxygens (including phenoxy) is 1. The first kappa shape index (κ1) is 25.0. The molecule has 3 heterocycles. The minimum Gasteiger partial charge on any atom is -0.497 e. The highest BCUT2D eigenvalue weighted by Crippen LogP contribution is 2.27. The van der Waals surface area contributed by atoms with Gasteiger partial charge in [-0.2, -0.15) is 15.1 Å². The second-order valence-corrected chi connectivity index (χ2v) is 9.87. The summed E-state index contributed by atoms with van der Waals surface area (Å²) < 4.78 is 7.25. The topological polar surface area (TPSA) is 85.3 Å². The lowest BCUT2D eigenvalue weighted by Crippen LogP contribution is -2.25. The number of hydrogen-bond acceptors (Lipinski definition) is 7. The van der Waals surface area contributed by atoms with Crippen LogP contribution in [0, 0.1) is 0 Å². The number of benzene rings is 2. The van der Waals surface area contributed by atoms with Crippen molar-refractivity contribution in [1.29, 1.82) is 0 Å². The summed E-state index contributed by atoms with van der Waals surface area (Å²) in [7, 11) is 1.68. The van der Waals surface area contributed by atoms with Gasteiger partial charge in [0.05, 0.1) is 25.2 Å². The summed E-state index contributed by atoms with van der Waals surface area (Å²) in [5.41, 5.74) is 10.7. The summed E-state index contributed by atoms with van der Waals surface area (Å²) in [4.78, 5) is 14.1. The van der Waals surface area contributed by atoms with Crippen molar-refractivity contribution in [2.24, 2.45) is 0 Å². The van der Waals surface area contributed by atoms with E-state index in [0.717, 1.165) is 55.1 Å². The number of nitrogens with zero attached hydrogens (tertiary/aromatic N) is 6. The molecule has 0 bridgehead atoms. The molecule has 4 aromatic rings. The smallest absolute Gasteiger partial charge is 0.224 e. The minimum absolute atomic E-state index is 0.265. The van der Waals surface area contributed by atoms with Gasteiger partial charge < -0.3 is 15.4 Å². The number of unbranched alkanes of at least 4 members (excludes halogenated alkanes) is 1. The van der Waals surface area contributed by atoms with Gasteiger partial charge in [-0.05, 0) is 61.2 Å². The second kappa shape index (κ2) is 11.6. The number of rotatable bonds is 11. The molecule has 0 saturated carbocycles. The number of anilines is 2. The molecular weight excluding hydrogens is 462 g/mol. The molecule has 1 aliphatic heterocycles. The largest absolute Gasteiger partial charge is 0.497 e. The Labute approximate surface area is 219 Å². The Morgan fingerprint density at radius 3 is 2.27 bits per heavy atom. The molecule has 0 aliphatic carbocycles. The molecule has 2 aromatic heterocycles. The minimum atomic E-state index is 0.265. The molecule has 8 nitrogen and oxygen atoms in total. The summed E-state index contributed by atoms with van der Waals surface area (Å²) in [5, 5.41) is 5.62. The van der Waals surface area contributed by atoms with Crippen LogP contribution in [-0.4, -0.2) is 51.4 Å². The number of fused-ring (bicyclic) bond motifs is 1. The zero-order valence-electron chi connectivity index (χ0n) is 21.9. The average molecular weight is 500 g/mol. The van der Waals surface area contributed by atoms with E-state index < -0.39 is 0 Å². The fourth-order valence-corrected chi connectivity index (χ4v) is 5.00. The van der Waals surface area contributed by atoms with Gasteiger partial charge in [0.2, 0.25) is 5.95 Å². The van der Waals surface area contributed by atoms with Crippen LogP contribution in [0.3, 0.4) is 0 Å². The third-order valence-corrected chi connectivity index (χ3v) is 7.07. The summed E-state index contributed by atoms with van der Waals surface area (Å²) in [5.74, 6) is 1.95. The van der Waals surface area contributed by atoms with Gasteiger partial charge in [-0.3, -0.25) is 4.90 Å². The highest BCUT2D eigenvalue weighted by Gasteiger charge is 2.18. The lowest BCUT2D eigenvalue weighted by atomic mass is 10.1. The second-order valence-electron chi connectivity index (χ2n) is 9.87. The van der Waals surface area contributed by atoms with Crippen molar-refractivity contribution in [3.05, 3.63) is 71.4 Å². The lowest BCUT2D eigenvalue weighted by Gasteiger charge is -2.24. The summed E-state index contributed by atoms with van der Waals surface area (Å²) in [6.45, 7) is 7.87. The Balaban J connectivity index is 1.38. The monoisotopic (exact) mass is 499 g/mol. The Hall–Kier alpha value is -3.65. The number of methoxy groups -OCH3 is 1. The van der Waals surface area contributed by atoms with Gasteiger partial charge in [0, 0.05) is 19.6 Å². The Bertz CT molecular complexity index is 1290. The van der Waals surface area contributed by atoms with Crippen molar-refractivity contribution in [1.82, 2.24) is 24.6 Å². The average Bonchev–Trinajstić information content (AvgIpc) is 3.58. The Morgan fingerprint density at radius 2 is 1.59 bits per heavy atom. The fourth-order valence-electron chi connectivity index (χ4n) is 5.00. The molecule has 0 atom stereocenters. The number of aromatic nitrogens is 4. The van der Waals surface area contributed by atoms with Gasteiger partial charge >= 0.3 is 0 Å². The van der Waals surface area contributed by atoms with E-state index in [1.54, 1.807) is 7.11 Å². The lowest BCUT2D eigenvalue weighted by molar-refractivity contribution is 0.331. The van der Waals surface area contributed by atoms with Crippen LogP contribution < -0.4 is 15.4 Å². The first-order valence-electron chi connectivity index (χ1n) is 13.3. The molecule has 0 radical (unpaired) electrons. The maximum atomic E-state index is 6.23. The number of likely N-dealkylation sites (tertiary alicyclic amines) is 1. The Morgan fingerprint density at radius 1 is 0.919 bits per heavy atom. The van der Waals surface area contributed by atoms with E-state index in [1.807, 2.05) is 23.0 Å². The summed E-state index contributed by atoms with van der Waals surface area (Å²) >= 11 is 0. The molecule has 1 saturated heterocycles. The van der Waals surface area contributed by atoms with Crippen molar-refractivity contribution >= 4 is 22.8 Å². The maximum absolute atomic E-state index is 6.23. The molecular formula is C29H37N7O. The highest BCUT2D eigenvalue weighted by atomic mass is 16.5. The normalized spacial score (nSPS) is 13.9. The van der Waals surface area contributed by atoms with Crippen molar-refractivity contribution < 1.29 is 4.74 Å². The molecule has 0 amide bonds. The van der Waals surface area contributed by atoms with E-state index in [4.69, 9.17) is 15.6 Å². The van der Waals surface area contributed by atoms with Crippen molar-refractivity contribution in [2.75, 3.05) is 37.4 Å². The van der Waals surface area contributed by atoms with E-state index in [0.29, 0.717) is 6.54 Å². The summed E-state index contributed by atoms with van der Waals surface area (Å²) in [6, 6.07) is 17.0. The molecule has 8 heteroatoms. The van der Waals surface area contributed by atoms with Gasteiger partial charge in [-0.15, -0.1) is 0 Å². The quantitative estimate of drug-likeness (QED) is 0.315. The van der Waals surface area contributed by atoms with E-state index in [9.17, 15) is 0 Å². The predicted molar refractivity (Wildman–Crippen MR) is 149 cm³/mol. The first-order valence-corrected chi connectivity index (χ1v) is 13.3. The van der Waals surface area contributed by atoms with Crippen LogP contribution in [-0.2, 0) is 19.6 Å². The molecule has 1 aliphatic rings. The first-order chi connectivity index (χ1) is 18.1. The molecule has 194 valence electrons. The number of nitrogens with two attached hydrogens (primary N) is 1. The molecule has 2 N–H and O–H groups in total. The van der Waals surface area contributed by atoms with E-state index >= 15 is 0 Å². The SMILES string of the molecule is CCCCN(Cc1ccc(OC)cc1)c1nc(N)nc2c1cnn2Cc1ccc(CN2CCCC2)cc1. The Kier molecular flexibility index (Phi) is 7.84. The molecule has 37 heavy (non-hydrogen) atoms.